The number of nitrogens with zero attached hydrogens (tertiary/aromatic N) is 2. The Labute approximate surface area is 147 Å². The minimum Gasteiger partial charge on any atom is -0.506 e. The van der Waals surface area contributed by atoms with Gasteiger partial charge in [0.25, 0.3) is 0 Å². The number of aryl methyl sites for hydroxylation is 3. The van der Waals surface area contributed by atoms with Crippen molar-refractivity contribution in [2.45, 2.75) is 33.6 Å². The first-order chi connectivity index (χ1) is 12.0. The van der Waals surface area contributed by atoms with E-state index in [1.54, 1.807) is 6.07 Å². The van der Waals surface area contributed by atoms with Crippen LogP contribution in [0.5, 0.6) is 11.5 Å². The maximum atomic E-state index is 10.4. The molecule has 0 aliphatic carbocycles. The summed E-state index contributed by atoms with van der Waals surface area (Å²) < 4.78 is 0. The molecule has 0 fully saturated rings. The van der Waals surface area contributed by atoms with Crippen LogP contribution in [0.25, 0.3) is 10.8 Å². The third kappa shape index (κ3) is 3.48. The lowest BCUT2D eigenvalue weighted by atomic mass is 10.0. The molecular weight excluding hydrogens is 312 g/mol. The van der Waals surface area contributed by atoms with E-state index in [0.717, 1.165) is 40.3 Å². The van der Waals surface area contributed by atoms with Gasteiger partial charge in [0.05, 0.1) is 0 Å². The van der Waals surface area contributed by atoms with Gasteiger partial charge in [0.15, 0.2) is 0 Å². The van der Waals surface area contributed by atoms with Gasteiger partial charge >= 0.3 is 0 Å². The Balaban J connectivity index is 2.10. The average molecular weight is 334 g/mol. The predicted octanol–water partition coefficient (Wildman–Crippen LogP) is 6.24. The first kappa shape index (κ1) is 17.0. The number of azo groups is 1. The number of benzene rings is 3. The van der Waals surface area contributed by atoms with Crippen molar-refractivity contribution in [3.05, 3.63) is 59.2 Å². The summed E-state index contributed by atoms with van der Waals surface area (Å²) in [4.78, 5) is 0. The van der Waals surface area contributed by atoms with Gasteiger partial charge in [-0.3, -0.25) is 0 Å². The largest absolute Gasteiger partial charge is 0.506 e. The Hall–Kier alpha value is -2.88. The van der Waals surface area contributed by atoms with Crippen LogP contribution in [-0.2, 0) is 6.42 Å². The van der Waals surface area contributed by atoms with Crippen molar-refractivity contribution in [3.8, 4) is 11.5 Å². The van der Waals surface area contributed by atoms with Crippen LogP contribution in [0.2, 0.25) is 0 Å². The summed E-state index contributed by atoms with van der Waals surface area (Å²) in [6.45, 7) is 5.97. The van der Waals surface area contributed by atoms with Crippen LogP contribution in [0.1, 0.15) is 30.0 Å². The molecule has 3 aromatic carbocycles. The van der Waals surface area contributed by atoms with Crippen molar-refractivity contribution >= 4 is 22.1 Å². The van der Waals surface area contributed by atoms with Crippen molar-refractivity contribution in [2.75, 3.05) is 0 Å². The molecule has 4 heteroatoms. The lowest BCUT2D eigenvalue weighted by Gasteiger charge is -2.08. The molecule has 0 bridgehead atoms. The fraction of sp³-hybridized carbons (Fsp3) is 0.238. The zero-order valence-corrected chi connectivity index (χ0v) is 14.7. The summed E-state index contributed by atoms with van der Waals surface area (Å²) in [6.07, 6.45) is 1.94. The number of phenols is 2. The quantitative estimate of drug-likeness (QED) is 0.555. The van der Waals surface area contributed by atoms with Gasteiger partial charge in [0.1, 0.15) is 22.9 Å². The van der Waals surface area contributed by atoms with Gasteiger partial charge < -0.3 is 10.2 Å². The number of fused-ring (bicyclic) bond motifs is 1. The first-order valence-electron chi connectivity index (χ1n) is 8.46. The molecule has 0 unspecified atom stereocenters. The van der Waals surface area contributed by atoms with Crippen LogP contribution in [-0.4, -0.2) is 10.2 Å². The summed E-state index contributed by atoms with van der Waals surface area (Å²) in [5, 5.41) is 30.8. The molecule has 4 nitrogen and oxygen atoms in total. The van der Waals surface area contributed by atoms with Crippen molar-refractivity contribution in [1.29, 1.82) is 0 Å². The molecule has 25 heavy (non-hydrogen) atoms. The zero-order valence-electron chi connectivity index (χ0n) is 14.7. The number of hydrogen-bond acceptors (Lipinski definition) is 4. The molecule has 3 rings (SSSR count). The summed E-state index contributed by atoms with van der Waals surface area (Å²) in [5.41, 5.74) is 3.83. The topological polar surface area (TPSA) is 65.2 Å². The highest BCUT2D eigenvalue weighted by Gasteiger charge is 2.11. The Morgan fingerprint density at radius 1 is 0.920 bits per heavy atom. The summed E-state index contributed by atoms with van der Waals surface area (Å²) in [7, 11) is 0. The summed E-state index contributed by atoms with van der Waals surface area (Å²) >= 11 is 0. The fourth-order valence-corrected chi connectivity index (χ4v) is 2.93. The SMILES string of the molecule is CCCc1ccc(O)c(N=Nc2c(O)c(C)cc3cc(C)ccc23)c1. The standard InChI is InChI=1S/C21H22N2O2/c1-4-5-15-7-9-19(24)18(12-15)22-23-20-17-8-6-13(2)10-16(17)11-14(3)21(20)25/h6-12,24-25H,4-5H2,1-3H3. The summed E-state index contributed by atoms with van der Waals surface area (Å²) in [5.74, 6) is 0.195. The zero-order chi connectivity index (χ0) is 18.0. The van der Waals surface area contributed by atoms with Gasteiger partial charge in [-0.15, -0.1) is 10.2 Å². The van der Waals surface area contributed by atoms with Crippen molar-refractivity contribution < 1.29 is 10.2 Å². The van der Waals surface area contributed by atoms with Gasteiger partial charge in [-0.05, 0) is 55.0 Å². The van der Waals surface area contributed by atoms with Gasteiger partial charge in [-0.25, -0.2) is 0 Å². The summed E-state index contributed by atoms with van der Waals surface area (Å²) in [6, 6.07) is 13.3. The van der Waals surface area contributed by atoms with Gasteiger partial charge in [-0.2, -0.15) is 0 Å². The Bertz CT molecular complexity index is 962. The normalized spacial score (nSPS) is 11.5. The second kappa shape index (κ2) is 6.93. The third-order valence-corrected chi connectivity index (χ3v) is 4.27. The molecule has 3 aromatic rings. The van der Waals surface area contributed by atoms with Crippen LogP contribution >= 0.6 is 0 Å². The fourth-order valence-electron chi connectivity index (χ4n) is 2.93. The van der Waals surface area contributed by atoms with Gasteiger partial charge in [0.2, 0.25) is 0 Å². The van der Waals surface area contributed by atoms with Crippen molar-refractivity contribution in [1.82, 2.24) is 0 Å². The van der Waals surface area contributed by atoms with Crippen LogP contribution in [0.15, 0.2) is 52.7 Å². The molecule has 128 valence electrons. The van der Waals surface area contributed by atoms with E-state index in [2.05, 4.69) is 23.2 Å². The molecule has 0 aromatic heterocycles. The van der Waals surface area contributed by atoms with E-state index in [-0.39, 0.29) is 11.5 Å². The maximum absolute atomic E-state index is 10.4. The number of hydrogen-bond donors (Lipinski definition) is 2. The second-order valence-electron chi connectivity index (χ2n) is 6.39. The molecule has 2 N–H and O–H groups in total. The van der Waals surface area contributed by atoms with E-state index >= 15 is 0 Å². The smallest absolute Gasteiger partial charge is 0.146 e. The Morgan fingerprint density at radius 2 is 1.72 bits per heavy atom. The minimum absolute atomic E-state index is 0.0795. The molecule has 0 saturated heterocycles. The molecule has 0 aliphatic rings. The highest BCUT2D eigenvalue weighted by atomic mass is 16.3. The second-order valence-corrected chi connectivity index (χ2v) is 6.39. The predicted molar refractivity (Wildman–Crippen MR) is 101 cm³/mol. The number of rotatable bonds is 4. The Morgan fingerprint density at radius 3 is 2.48 bits per heavy atom. The van der Waals surface area contributed by atoms with Crippen LogP contribution in [0.4, 0.5) is 11.4 Å². The number of aromatic hydroxyl groups is 2. The maximum Gasteiger partial charge on any atom is 0.146 e. The van der Waals surface area contributed by atoms with E-state index in [4.69, 9.17) is 0 Å². The molecule has 0 saturated carbocycles. The minimum atomic E-state index is 0.0795. The lowest BCUT2D eigenvalue weighted by Crippen LogP contribution is -1.83. The van der Waals surface area contributed by atoms with Crippen molar-refractivity contribution in [3.63, 3.8) is 0 Å². The average Bonchev–Trinajstić information content (AvgIpc) is 2.58. The van der Waals surface area contributed by atoms with E-state index in [1.807, 2.05) is 44.2 Å². The van der Waals surface area contributed by atoms with E-state index in [1.165, 1.54) is 0 Å². The molecule has 0 amide bonds. The number of phenolic OH excluding ortho intramolecular Hbond substituents is 2. The van der Waals surface area contributed by atoms with E-state index in [0.29, 0.717) is 11.4 Å². The molecule has 0 heterocycles. The highest BCUT2D eigenvalue weighted by molar-refractivity contribution is 5.96. The molecule has 0 aliphatic heterocycles. The monoisotopic (exact) mass is 334 g/mol. The lowest BCUT2D eigenvalue weighted by molar-refractivity contribution is 0.471. The van der Waals surface area contributed by atoms with Crippen molar-refractivity contribution in [2.24, 2.45) is 10.2 Å². The molecule has 0 atom stereocenters. The van der Waals surface area contributed by atoms with Gasteiger partial charge in [0, 0.05) is 5.39 Å². The van der Waals surface area contributed by atoms with E-state index < -0.39 is 0 Å². The highest BCUT2D eigenvalue weighted by Crippen LogP contribution is 2.40. The molecular formula is C21H22N2O2. The first-order valence-corrected chi connectivity index (χ1v) is 8.46. The van der Waals surface area contributed by atoms with Crippen LogP contribution < -0.4 is 0 Å². The Kier molecular flexibility index (Phi) is 4.70. The van der Waals surface area contributed by atoms with E-state index in [9.17, 15) is 10.2 Å². The van der Waals surface area contributed by atoms with Gasteiger partial charge in [-0.1, -0.05) is 43.2 Å². The third-order valence-electron chi connectivity index (χ3n) is 4.27. The van der Waals surface area contributed by atoms with Crippen LogP contribution in [0, 0.1) is 13.8 Å². The van der Waals surface area contributed by atoms with Crippen LogP contribution in [0.3, 0.4) is 0 Å². The molecule has 0 radical (unpaired) electrons. The molecule has 0 spiro atoms.